The quantitative estimate of drug-likeness (QED) is 0.904. The van der Waals surface area contributed by atoms with Crippen LogP contribution in [0, 0.1) is 0 Å². The molecule has 0 aromatic heterocycles. The topological polar surface area (TPSA) is 29.3 Å². The minimum absolute atomic E-state index is 0.181. The van der Waals surface area contributed by atoms with E-state index in [2.05, 4.69) is 24.8 Å². The highest BCUT2D eigenvalue weighted by molar-refractivity contribution is 6.42. The molecule has 3 unspecified atom stereocenters. The number of nitrogens with zero attached hydrogens (tertiary/aromatic N) is 1. The minimum atomic E-state index is 0.181. The van der Waals surface area contributed by atoms with E-state index in [1.54, 1.807) is 0 Å². The van der Waals surface area contributed by atoms with Crippen molar-refractivity contribution in [3.05, 3.63) is 33.8 Å². The van der Waals surface area contributed by atoms with Crippen LogP contribution in [0.25, 0.3) is 0 Å². The molecule has 19 heavy (non-hydrogen) atoms. The van der Waals surface area contributed by atoms with Crippen molar-refractivity contribution >= 4 is 23.2 Å². The van der Waals surface area contributed by atoms with Crippen molar-refractivity contribution in [3.63, 3.8) is 0 Å². The number of likely N-dealkylation sites (tertiary alicyclic amines) is 1. The highest BCUT2D eigenvalue weighted by Gasteiger charge is 2.30. The molecule has 1 aromatic carbocycles. The second kappa shape index (κ2) is 6.45. The molecule has 0 amide bonds. The van der Waals surface area contributed by atoms with E-state index in [4.69, 9.17) is 28.9 Å². The zero-order valence-corrected chi connectivity index (χ0v) is 13.1. The first-order valence-corrected chi connectivity index (χ1v) is 7.73. The summed E-state index contributed by atoms with van der Waals surface area (Å²) in [5.74, 6) is 0. The summed E-state index contributed by atoms with van der Waals surface area (Å²) in [7, 11) is 0. The Morgan fingerprint density at radius 3 is 2.68 bits per heavy atom. The third kappa shape index (κ3) is 3.25. The Morgan fingerprint density at radius 1 is 1.26 bits per heavy atom. The van der Waals surface area contributed by atoms with Crippen molar-refractivity contribution in [3.8, 4) is 0 Å². The van der Waals surface area contributed by atoms with Gasteiger partial charge in [0.25, 0.3) is 0 Å². The van der Waals surface area contributed by atoms with E-state index < -0.39 is 0 Å². The summed E-state index contributed by atoms with van der Waals surface area (Å²) in [5, 5.41) is 1.30. The predicted octanol–water partition coefficient (Wildman–Crippen LogP) is 4.26. The average Bonchev–Trinajstić information content (AvgIpc) is 2.41. The van der Waals surface area contributed by atoms with Gasteiger partial charge in [0.15, 0.2) is 0 Å². The Hall–Kier alpha value is -0.280. The summed E-state index contributed by atoms with van der Waals surface area (Å²) >= 11 is 12.5. The molecule has 1 heterocycles. The molecular weight excluding hydrogens is 279 g/mol. The molecule has 0 aliphatic carbocycles. The fraction of sp³-hybridized carbons (Fsp3) is 0.600. The highest BCUT2D eigenvalue weighted by atomic mass is 35.5. The summed E-state index contributed by atoms with van der Waals surface area (Å²) in [6, 6.07) is 6.72. The molecule has 1 aliphatic heterocycles. The molecule has 1 aromatic rings. The largest absolute Gasteiger partial charge is 0.327 e. The van der Waals surface area contributed by atoms with Gasteiger partial charge in [0, 0.05) is 18.1 Å². The van der Waals surface area contributed by atoms with Gasteiger partial charge in [0.2, 0.25) is 0 Å². The maximum absolute atomic E-state index is 6.34. The lowest BCUT2D eigenvalue weighted by molar-refractivity contribution is 0.0890. The fourth-order valence-electron chi connectivity index (χ4n) is 3.05. The Labute approximate surface area is 125 Å². The first kappa shape index (κ1) is 15.1. The molecule has 3 atom stereocenters. The Morgan fingerprint density at radius 2 is 2.00 bits per heavy atom. The molecule has 0 spiro atoms. The first-order chi connectivity index (χ1) is 9.02. The number of hydrogen-bond acceptors (Lipinski definition) is 2. The minimum Gasteiger partial charge on any atom is -0.327 e. The summed E-state index contributed by atoms with van der Waals surface area (Å²) in [5.41, 5.74) is 7.24. The van der Waals surface area contributed by atoms with Crippen molar-refractivity contribution in [2.24, 2.45) is 5.73 Å². The highest BCUT2D eigenvalue weighted by Crippen LogP contribution is 2.35. The zero-order chi connectivity index (χ0) is 14.0. The molecule has 2 rings (SSSR count). The molecule has 2 N–H and O–H groups in total. The van der Waals surface area contributed by atoms with E-state index in [0.717, 1.165) is 12.1 Å². The Bertz CT molecular complexity index is 434. The van der Waals surface area contributed by atoms with Crippen LogP contribution in [0.3, 0.4) is 0 Å². The van der Waals surface area contributed by atoms with E-state index >= 15 is 0 Å². The summed E-state index contributed by atoms with van der Waals surface area (Å²) in [4.78, 5) is 2.48. The molecule has 1 fully saturated rings. The van der Waals surface area contributed by atoms with Crippen molar-refractivity contribution in [2.45, 2.75) is 51.2 Å². The summed E-state index contributed by atoms with van der Waals surface area (Å²) in [6.07, 6.45) is 3.66. The molecule has 0 bridgehead atoms. The van der Waals surface area contributed by atoms with Gasteiger partial charge in [-0.2, -0.15) is 0 Å². The van der Waals surface area contributed by atoms with Crippen molar-refractivity contribution < 1.29 is 0 Å². The molecule has 0 radical (unpaired) electrons. The van der Waals surface area contributed by atoms with E-state index in [-0.39, 0.29) is 12.1 Å². The Balaban J connectivity index is 2.26. The number of nitrogens with two attached hydrogens (primary N) is 1. The van der Waals surface area contributed by atoms with Gasteiger partial charge in [-0.1, -0.05) is 41.8 Å². The van der Waals surface area contributed by atoms with Crippen LogP contribution in [0.4, 0.5) is 0 Å². The Kier molecular flexibility index (Phi) is 5.13. The van der Waals surface area contributed by atoms with Crippen LogP contribution >= 0.6 is 23.2 Å². The van der Waals surface area contributed by atoms with Gasteiger partial charge in [-0.25, -0.2) is 0 Å². The zero-order valence-electron chi connectivity index (χ0n) is 11.6. The number of piperidine rings is 1. The second-order valence-corrected chi connectivity index (χ2v) is 6.26. The van der Waals surface area contributed by atoms with Gasteiger partial charge in [-0.05, 0) is 44.9 Å². The van der Waals surface area contributed by atoms with Crippen LogP contribution in [0.15, 0.2) is 18.2 Å². The van der Waals surface area contributed by atoms with Crippen LogP contribution in [0.1, 0.15) is 44.7 Å². The summed E-state index contributed by atoms with van der Waals surface area (Å²) < 4.78 is 0. The van der Waals surface area contributed by atoms with Gasteiger partial charge in [0.05, 0.1) is 10.0 Å². The maximum atomic E-state index is 6.34. The van der Waals surface area contributed by atoms with Gasteiger partial charge in [0.1, 0.15) is 0 Å². The third-order valence-electron chi connectivity index (χ3n) is 4.13. The van der Waals surface area contributed by atoms with E-state index in [9.17, 15) is 0 Å². The fourth-order valence-corrected chi connectivity index (χ4v) is 3.51. The molecular formula is C15H22Cl2N2. The molecule has 106 valence electrons. The molecule has 2 nitrogen and oxygen atoms in total. The molecule has 1 saturated heterocycles. The summed E-state index contributed by atoms with van der Waals surface area (Å²) in [6.45, 7) is 5.36. The van der Waals surface area contributed by atoms with E-state index in [1.165, 1.54) is 19.3 Å². The standard InChI is InChI=1S/C15H22Cl2N2/c1-10(18)14-8-3-4-9-19(14)11(2)12-6-5-7-13(16)15(12)17/h5-7,10-11,14H,3-4,8-9,18H2,1-2H3. The number of halogens is 2. The normalized spacial score (nSPS) is 24.2. The predicted molar refractivity (Wildman–Crippen MR) is 82.9 cm³/mol. The maximum Gasteiger partial charge on any atom is 0.0640 e. The third-order valence-corrected chi connectivity index (χ3v) is 4.96. The molecule has 0 saturated carbocycles. The second-order valence-electron chi connectivity index (χ2n) is 5.48. The number of rotatable bonds is 3. The van der Waals surface area contributed by atoms with Crippen LogP contribution in [0.2, 0.25) is 10.0 Å². The molecule has 1 aliphatic rings. The van der Waals surface area contributed by atoms with Crippen LogP contribution in [-0.2, 0) is 0 Å². The lowest BCUT2D eigenvalue weighted by Gasteiger charge is -2.42. The average molecular weight is 301 g/mol. The van der Waals surface area contributed by atoms with Gasteiger partial charge in [-0.3, -0.25) is 4.90 Å². The smallest absolute Gasteiger partial charge is 0.0640 e. The SMILES string of the molecule is CC(N)C1CCCCN1C(C)c1cccc(Cl)c1Cl. The van der Waals surface area contributed by atoms with Crippen molar-refractivity contribution in [1.29, 1.82) is 0 Å². The lowest BCUT2D eigenvalue weighted by atomic mass is 9.93. The monoisotopic (exact) mass is 300 g/mol. The van der Waals surface area contributed by atoms with Gasteiger partial charge < -0.3 is 5.73 Å². The van der Waals surface area contributed by atoms with Crippen LogP contribution in [0.5, 0.6) is 0 Å². The van der Waals surface area contributed by atoms with E-state index in [1.807, 2.05) is 12.1 Å². The van der Waals surface area contributed by atoms with E-state index in [0.29, 0.717) is 16.1 Å². The number of benzene rings is 1. The first-order valence-electron chi connectivity index (χ1n) is 6.97. The molecule has 4 heteroatoms. The lowest BCUT2D eigenvalue weighted by Crippen LogP contribution is -2.49. The van der Waals surface area contributed by atoms with Crippen molar-refractivity contribution in [2.75, 3.05) is 6.54 Å². The number of hydrogen-bond donors (Lipinski definition) is 1. The van der Waals surface area contributed by atoms with Gasteiger partial charge >= 0.3 is 0 Å². The van der Waals surface area contributed by atoms with Crippen LogP contribution < -0.4 is 5.73 Å². The van der Waals surface area contributed by atoms with Crippen LogP contribution in [-0.4, -0.2) is 23.5 Å². The van der Waals surface area contributed by atoms with Crippen molar-refractivity contribution in [1.82, 2.24) is 4.90 Å². The van der Waals surface area contributed by atoms with Gasteiger partial charge in [-0.15, -0.1) is 0 Å².